The lowest BCUT2D eigenvalue weighted by atomic mass is 10.1. The third-order valence-corrected chi connectivity index (χ3v) is 4.13. The first kappa shape index (κ1) is 20.6. The van der Waals surface area contributed by atoms with Crippen molar-refractivity contribution < 1.29 is 35.9 Å². The predicted molar refractivity (Wildman–Crippen MR) is 92.6 cm³/mol. The first-order valence-electron chi connectivity index (χ1n) is 8.41. The second-order valence-electron chi connectivity index (χ2n) is 6.40. The van der Waals surface area contributed by atoms with Crippen LogP contribution in [-0.2, 0) is 17.5 Å². The molecule has 0 aliphatic heterocycles. The third kappa shape index (κ3) is 4.84. The van der Waals surface area contributed by atoms with E-state index in [0.29, 0.717) is 31.0 Å². The van der Waals surface area contributed by atoms with Crippen LogP contribution in [0.5, 0.6) is 0 Å². The first-order valence-corrected chi connectivity index (χ1v) is 8.41. The van der Waals surface area contributed by atoms with Crippen LogP contribution in [0, 0.1) is 17.5 Å². The minimum atomic E-state index is -4.71. The van der Waals surface area contributed by atoms with E-state index >= 15 is 0 Å². The zero-order valence-electron chi connectivity index (χ0n) is 14.7. The number of amides is 1. The van der Waals surface area contributed by atoms with Crippen LogP contribution in [0.4, 0.5) is 48.2 Å². The molecule has 1 fully saturated rings. The number of hydrogen-bond donors (Lipinski definition) is 3. The molecule has 2 aromatic rings. The summed E-state index contributed by atoms with van der Waals surface area (Å²) in [7, 11) is 0. The fourth-order valence-electron chi connectivity index (χ4n) is 2.43. The number of alkyl halides is 3. The largest absolute Gasteiger partial charge is 0.446 e. The Kier molecular flexibility index (Phi) is 5.49. The van der Waals surface area contributed by atoms with Crippen LogP contribution in [0.25, 0.3) is 0 Å². The second kappa shape index (κ2) is 7.72. The molecule has 2 aromatic carbocycles. The summed E-state index contributed by atoms with van der Waals surface area (Å²) in [5, 5.41) is 4.40. The summed E-state index contributed by atoms with van der Waals surface area (Å²) < 4.78 is 85.1. The van der Waals surface area contributed by atoms with Crippen LogP contribution in [0.2, 0.25) is 0 Å². The van der Waals surface area contributed by atoms with Gasteiger partial charge in [0.2, 0.25) is 0 Å². The Bertz CT molecular complexity index is 944. The van der Waals surface area contributed by atoms with Gasteiger partial charge in [0.1, 0.15) is 17.6 Å². The maximum Gasteiger partial charge on any atom is 0.416 e. The average molecular weight is 419 g/mol. The summed E-state index contributed by atoms with van der Waals surface area (Å²) in [5.41, 5.74) is 2.36. The molecular formula is C18H15F6N3O2. The first-order chi connectivity index (χ1) is 13.6. The summed E-state index contributed by atoms with van der Waals surface area (Å²) in [6.07, 6.45) is -4.58. The van der Waals surface area contributed by atoms with Crippen molar-refractivity contribution in [2.45, 2.75) is 31.7 Å². The molecule has 0 atom stereocenters. The van der Waals surface area contributed by atoms with E-state index in [0.717, 1.165) is 6.07 Å². The van der Waals surface area contributed by atoms with E-state index in [4.69, 9.17) is 10.5 Å². The fraction of sp³-hybridized carbons (Fsp3) is 0.278. The molecule has 0 aromatic heterocycles. The number of ether oxygens (including phenoxy) is 1. The zero-order chi connectivity index (χ0) is 21.3. The number of halogens is 6. The summed E-state index contributed by atoms with van der Waals surface area (Å²) >= 11 is 0. The minimum absolute atomic E-state index is 0.202. The van der Waals surface area contributed by atoms with Gasteiger partial charge < -0.3 is 15.8 Å². The summed E-state index contributed by atoms with van der Waals surface area (Å²) in [6, 6.07) is 2.54. The molecule has 0 saturated heterocycles. The molecule has 1 aliphatic rings. The summed E-state index contributed by atoms with van der Waals surface area (Å²) in [5.74, 6) is -3.37. The molecule has 0 unspecified atom stereocenters. The lowest BCUT2D eigenvalue weighted by molar-refractivity contribution is -0.137. The predicted octanol–water partition coefficient (Wildman–Crippen LogP) is 5.03. The Morgan fingerprint density at radius 3 is 2.41 bits per heavy atom. The quantitative estimate of drug-likeness (QED) is 0.470. The summed E-state index contributed by atoms with van der Waals surface area (Å²) in [4.78, 5) is 11.6. The Balaban J connectivity index is 1.73. The Morgan fingerprint density at radius 2 is 1.83 bits per heavy atom. The highest BCUT2D eigenvalue weighted by atomic mass is 19.4. The van der Waals surface area contributed by atoms with Gasteiger partial charge in [-0.2, -0.15) is 13.2 Å². The SMILES string of the molecule is Nc1c(F)c(NCc2ccc(C(F)(F)F)cc2F)cc(F)c1NC(=O)OC1CC1. The van der Waals surface area contributed by atoms with Crippen molar-refractivity contribution in [1.82, 2.24) is 0 Å². The molecule has 1 aliphatic carbocycles. The van der Waals surface area contributed by atoms with Crippen LogP contribution in [0.15, 0.2) is 24.3 Å². The minimum Gasteiger partial charge on any atom is -0.446 e. The van der Waals surface area contributed by atoms with Crippen molar-refractivity contribution in [3.8, 4) is 0 Å². The highest BCUT2D eigenvalue weighted by Gasteiger charge is 2.31. The second-order valence-corrected chi connectivity index (χ2v) is 6.40. The molecule has 0 spiro atoms. The van der Waals surface area contributed by atoms with Gasteiger partial charge in [-0.3, -0.25) is 5.32 Å². The molecule has 3 rings (SSSR count). The van der Waals surface area contributed by atoms with Crippen LogP contribution in [0.1, 0.15) is 24.0 Å². The number of nitrogens with one attached hydrogen (secondary N) is 2. The number of rotatable bonds is 5. The zero-order valence-corrected chi connectivity index (χ0v) is 14.7. The molecular weight excluding hydrogens is 404 g/mol. The van der Waals surface area contributed by atoms with Gasteiger partial charge in [-0.05, 0) is 25.0 Å². The number of benzene rings is 2. The molecule has 0 heterocycles. The Hall–Kier alpha value is -3.11. The molecule has 0 bridgehead atoms. The standard InChI is InChI=1S/C18H15F6N3O2/c19-11-5-9(18(22,23)24)2-1-8(11)7-26-13-6-12(20)16(15(25)14(13)21)27-17(28)29-10-3-4-10/h1-2,5-6,10,26H,3-4,7,25H2,(H,27,28). The Morgan fingerprint density at radius 1 is 1.14 bits per heavy atom. The van der Waals surface area contributed by atoms with Crippen molar-refractivity contribution in [3.63, 3.8) is 0 Å². The topological polar surface area (TPSA) is 76.4 Å². The Labute approximate surface area is 160 Å². The van der Waals surface area contributed by atoms with E-state index in [1.807, 2.05) is 5.32 Å². The van der Waals surface area contributed by atoms with Crippen molar-refractivity contribution in [2.75, 3.05) is 16.4 Å². The smallest absolute Gasteiger partial charge is 0.416 e. The molecule has 156 valence electrons. The lowest BCUT2D eigenvalue weighted by Crippen LogP contribution is -2.18. The fourth-order valence-corrected chi connectivity index (χ4v) is 2.43. The molecule has 1 amide bonds. The van der Waals surface area contributed by atoms with Gasteiger partial charge in [0.25, 0.3) is 0 Å². The van der Waals surface area contributed by atoms with Crippen molar-refractivity contribution >= 4 is 23.2 Å². The van der Waals surface area contributed by atoms with Gasteiger partial charge in [-0.15, -0.1) is 0 Å². The van der Waals surface area contributed by atoms with Gasteiger partial charge in [0.15, 0.2) is 11.6 Å². The van der Waals surface area contributed by atoms with Gasteiger partial charge in [-0.1, -0.05) is 6.07 Å². The monoisotopic (exact) mass is 419 g/mol. The maximum atomic E-state index is 14.4. The van der Waals surface area contributed by atoms with Gasteiger partial charge in [0, 0.05) is 18.2 Å². The number of nitrogen functional groups attached to an aromatic ring is 1. The van der Waals surface area contributed by atoms with Crippen LogP contribution < -0.4 is 16.4 Å². The normalized spacial score (nSPS) is 13.9. The van der Waals surface area contributed by atoms with Gasteiger partial charge in [-0.25, -0.2) is 18.0 Å². The highest BCUT2D eigenvalue weighted by Crippen LogP contribution is 2.33. The van der Waals surface area contributed by atoms with E-state index in [1.165, 1.54) is 0 Å². The highest BCUT2D eigenvalue weighted by molar-refractivity contribution is 5.90. The van der Waals surface area contributed by atoms with E-state index in [9.17, 15) is 31.1 Å². The number of carbonyl (C=O) groups is 1. The van der Waals surface area contributed by atoms with E-state index in [-0.39, 0.29) is 11.7 Å². The van der Waals surface area contributed by atoms with Crippen molar-refractivity contribution in [2.24, 2.45) is 0 Å². The van der Waals surface area contributed by atoms with Gasteiger partial charge in [0.05, 0.1) is 16.9 Å². The number of anilines is 3. The lowest BCUT2D eigenvalue weighted by Gasteiger charge is -2.15. The van der Waals surface area contributed by atoms with Crippen LogP contribution in [0.3, 0.4) is 0 Å². The third-order valence-electron chi connectivity index (χ3n) is 4.13. The number of carbonyl (C=O) groups excluding carboxylic acids is 1. The molecule has 0 radical (unpaired) electrons. The van der Waals surface area contributed by atoms with Crippen molar-refractivity contribution in [3.05, 3.63) is 52.8 Å². The number of hydrogen-bond acceptors (Lipinski definition) is 4. The van der Waals surface area contributed by atoms with Crippen molar-refractivity contribution in [1.29, 1.82) is 0 Å². The maximum absolute atomic E-state index is 14.4. The van der Waals surface area contributed by atoms with E-state index < -0.39 is 58.9 Å². The molecule has 11 heteroatoms. The number of nitrogens with two attached hydrogens (primary N) is 1. The molecule has 29 heavy (non-hydrogen) atoms. The van der Waals surface area contributed by atoms with Gasteiger partial charge >= 0.3 is 12.3 Å². The molecule has 1 saturated carbocycles. The van der Waals surface area contributed by atoms with E-state index in [1.54, 1.807) is 0 Å². The molecule has 5 nitrogen and oxygen atoms in total. The van der Waals surface area contributed by atoms with Crippen LogP contribution in [-0.4, -0.2) is 12.2 Å². The van der Waals surface area contributed by atoms with Crippen LogP contribution >= 0.6 is 0 Å². The molecule has 4 N–H and O–H groups in total. The average Bonchev–Trinajstić information content (AvgIpc) is 3.44. The van der Waals surface area contributed by atoms with E-state index in [2.05, 4.69) is 5.32 Å². The summed E-state index contributed by atoms with van der Waals surface area (Å²) in [6.45, 7) is -0.434.